The van der Waals surface area contributed by atoms with Crippen LogP contribution in [0.5, 0.6) is 0 Å². The highest BCUT2D eigenvalue weighted by Crippen LogP contribution is 2.24. The minimum Gasteiger partial charge on any atom is -0.313 e. The number of hydrogen-bond acceptors (Lipinski definition) is 10. The van der Waals surface area contributed by atoms with Crippen LogP contribution in [0.15, 0.2) is 0 Å². The Morgan fingerprint density at radius 1 is 0.857 bits per heavy atom. The lowest BCUT2D eigenvalue weighted by Gasteiger charge is -2.26. The molecule has 0 aromatic carbocycles. The summed E-state index contributed by atoms with van der Waals surface area (Å²) < 4.78 is 0. The van der Waals surface area contributed by atoms with Gasteiger partial charge in [0.05, 0.1) is 5.41 Å². The van der Waals surface area contributed by atoms with Gasteiger partial charge in [0.2, 0.25) is 6.54 Å². The van der Waals surface area contributed by atoms with E-state index in [1.165, 1.54) is 0 Å². The van der Waals surface area contributed by atoms with Crippen LogP contribution in [-0.2, 0) is 14.5 Å². The van der Waals surface area contributed by atoms with Gasteiger partial charge in [0.1, 0.15) is 18.1 Å². The molecule has 0 atom stereocenters. The zero-order valence-electron chi connectivity index (χ0n) is 10.4. The lowest BCUT2D eigenvalue weighted by Crippen LogP contribution is -2.41. The number of rotatable bonds is 12. The van der Waals surface area contributed by atoms with Crippen molar-refractivity contribution < 1.29 is 39.9 Å². The van der Waals surface area contributed by atoms with E-state index < -0.39 is 58.4 Å². The van der Waals surface area contributed by atoms with E-state index in [0.717, 1.165) is 0 Å². The Hall–Kier alpha value is -3.00. The Balaban J connectivity index is 5.02. The van der Waals surface area contributed by atoms with Gasteiger partial charge in [0.15, 0.2) is 6.61 Å². The summed E-state index contributed by atoms with van der Waals surface area (Å²) in [5, 5.41) is 35.5. The first-order chi connectivity index (χ1) is 9.67. The highest BCUT2D eigenvalue weighted by Gasteiger charge is 2.39. The maximum Gasteiger partial charge on any atom is 0.475 e. The van der Waals surface area contributed by atoms with Gasteiger partial charge in [-0.1, -0.05) is 0 Å². The lowest BCUT2D eigenvalue weighted by molar-refractivity contribution is -0.977. The summed E-state index contributed by atoms with van der Waals surface area (Å²) in [7, 11) is 0. The Morgan fingerprint density at radius 3 is 1.62 bits per heavy atom. The average Bonchev–Trinajstić information content (AvgIpc) is 2.36. The van der Waals surface area contributed by atoms with Crippen molar-refractivity contribution in [1.29, 1.82) is 0 Å². The van der Waals surface area contributed by atoms with E-state index in [9.17, 15) is 35.3 Å². The van der Waals surface area contributed by atoms with E-state index in [-0.39, 0.29) is 0 Å². The standard InChI is InChI=1S/C6H11N4O11/c11-7(12)2-1-6(3-19-8(13)14,4-20-9(15)16)5-21-10(17)18/h1-5H2,(H,13,14)/q+1. The fourth-order valence-electron chi connectivity index (χ4n) is 1.24. The van der Waals surface area contributed by atoms with Gasteiger partial charge in [-0.05, 0) is 0 Å². The molecule has 1 N–H and O–H groups in total. The van der Waals surface area contributed by atoms with E-state index in [4.69, 9.17) is 5.21 Å². The molecule has 15 heteroatoms. The molecule has 0 aromatic rings. The monoisotopic (exact) mass is 315 g/mol. The van der Waals surface area contributed by atoms with Gasteiger partial charge in [-0.3, -0.25) is 10.1 Å². The second-order valence-corrected chi connectivity index (χ2v) is 3.81. The van der Waals surface area contributed by atoms with Crippen molar-refractivity contribution in [3.05, 3.63) is 35.3 Å². The summed E-state index contributed by atoms with van der Waals surface area (Å²) in [6.07, 6.45) is -0.504. The lowest BCUT2D eigenvalue weighted by atomic mass is 9.87. The second kappa shape index (κ2) is 8.23. The highest BCUT2D eigenvalue weighted by molar-refractivity contribution is 4.77. The Kier molecular flexibility index (Phi) is 7.05. The van der Waals surface area contributed by atoms with Gasteiger partial charge in [-0.25, -0.2) is 5.21 Å². The summed E-state index contributed by atoms with van der Waals surface area (Å²) in [5.41, 5.74) is -1.77. The summed E-state index contributed by atoms with van der Waals surface area (Å²) in [4.78, 5) is 52.3. The molecule has 0 unspecified atom stereocenters. The van der Waals surface area contributed by atoms with Crippen LogP contribution in [0.1, 0.15) is 6.42 Å². The third-order valence-electron chi connectivity index (χ3n) is 2.26. The topological polar surface area (TPSA) is 197 Å². The Morgan fingerprint density at radius 2 is 1.29 bits per heavy atom. The third kappa shape index (κ3) is 8.67. The summed E-state index contributed by atoms with van der Waals surface area (Å²) >= 11 is 0. The first-order valence-electron chi connectivity index (χ1n) is 5.12. The van der Waals surface area contributed by atoms with Gasteiger partial charge >= 0.3 is 5.09 Å². The van der Waals surface area contributed by atoms with Crippen molar-refractivity contribution in [3.63, 3.8) is 0 Å². The van der Waals surface area contributed by atoms with E-state index in [0.29, 0.717) is 0 Å². The van der Waals surface area contributed by atoms with Crippen molar-refractivity contribution in [3.8, 4) is 0 Å². The van der Waals surface area contributed by atoms with Crippen molar-refractivity contribution in [2.75, 3.05) is 26.4 Å². The predicted octanol–water partition coefficient (Wildman–Crippen LogP) is -0.844. The van der Waals surface area contributed by atoms with E-state index in [2.05, 4.69) is 14.5 Å². The number of nitrogens with zero attached hydrogens (tertiary/aromatic N) is 4. The first kappa shape index (κ1) is 18.0. The normalized spacial score (nSPS) is 10.5. The van der Waals surface area contributed by atoms with Crippen molar-refractivity contribution in [1.82, 2.24) is 0 Å². The molecule has 0 aliphatic carbocycles. The molecule has 0 aliphatic rings. The molecule has 15 nitrogen and oxygen atoms in total. The third-order valence-corrected chi connectivity index (χ3v) is 2.26. The zero-order chi connectivity index (χ0) is 16.5. The molecule has 0 saturated heterocycles. The van der Waals surface area contributed by atoms with Gasteiger partial charge in [0.25, 0.3) is 10.2 Å². The molecular weight excluding hydrogens is 304 g/mol. The largest absolute Gasteiger partial charge is 0.475 e. The number of hydrogen-bond donors (Lipinski definition) is 1. The zero-order valence-corrected chi connectivity index (χ0v) is 10.4. The molecule has 0 amide bonds. The summed E-state index contributed by atoms with van der Waals surface area (Å²) in [6.45, 7) is -3.36. The van der Waals surface area contributed by atoms with Gasteiger partial charge in [-0.2, -0.15) is 4.84 Å². The Labute approximate surface area is 114 Å². The minimum atomic E-state index is -1.77. The fraction of sp³-hybridized carbons (Fsp3) is 1.00. The molecule has 0 aliphatic heterocycles. The molecule has 120 valence electrons. The van der Waals surface area contributed by atoms with Crippen LogP contribution in [0, 0.1) is 40.7 Å². The summed E-state index contributed by atoms with van der Waals surface area (Å²) in [5.74, 6) is 0. The van der Waals surface area contributed by atoms with Gasteiger partial charge in [-0.15, -0.1) is 20.2 Å². The molecule has 0 spiro atoms. The van der Waals surface area contributed by atoms with Crippen LogP contribution in [0.4, 0.5) is 0 Å². The SMILES string of the molecule is O=[N+]([O-])CCC(CO[N+](=O)[O-])(CO[N+](=O)[O-])CO[N+](=O)O. The molecule has 0 fully saturated rings. The van der Waals surface area contributed by atoms with E-state index >= 15 is 0 Å². The van der Waals surface area contributed by atoms with Gasteiger partial charge in [0, 0.05) is 11.3 Å². The van der Waals surface area contributed by atoms with Crippen LogP contribution in [0.25, 0.3) is 0 Å². The van der Waals surface area contributed by atoms with Crippen LogP contribution in [-0.4, -0.2) is 51.8 Å². The van der Waals surface area contributed by atoms with Crippen LogP contribution >= 0.6 is 0 Å². The fourth-order valence-corrected chi connectivity index (χ4v) is 1.24. The molecule has 0 bridgehead atoms. The van der Waals surface area contributed by atoms with Gasteiger partial charge < -0.3 is 9.68 Å². The smallest absolute Gasteiger partial charge is 0.313 e. The molecule has 0 rings (SSSR count). The maximum absolute atomic E-state index is 10.4. The van der Waals surface area contributed by atoms with Crippen LogP contribution in [0.2, 0.25) is 0 Å². The van der Waals surface area contributed by atoms with Crippen LogP contribution in [0.3, 0.4) is 0 Å². The molecule has 0 saturated carbocycles. The highest BCUT2D eigenvalue weighted by atomic mass is 17.0. The molecule has 21 heavy (non-hydrogen) atoms. The molecule has 0 heterocycles. The van der Waals surface area contributed by atoms with E-state index in [1.54, 1.807) is 0 Å². The minimum absolute atomic E-state index is 0.504. The predicted molar refractivity (Wildman–Crippen MR) is 56.2 cm³/mol. The quantitative estimate of drug-likeness (QED) is 0.347. The van der Waals surface area contributed by atoms with Crippen molar-refractivity contribution >= 4 is 0 Å². The van der Waals surface area contributed by atoms with Crippen molar-refractivity contribution in [2.24, 2.45) is 5.41 Å². The first-order valence-corrected chi connectivity index (χ1v) is 5.12. The second-order valence-electron chi connectivity index (χ2n) is 3.81. The van der Waals surface area contributed by atoms with E-state index in [1.807, 2.05) is 0 Å². The molecule has 0 aromatic heterocycles. The molecule has 0 radical (unpaired) electrons. The maximum atomic E-state index is 10.4. The van der Waals surface area contributed by atoms with Crippen LogP contribution < -0.4 is 0 Å². The molecular formula is C6H11N4O11+. The number of nitro groups is 1. The Bertz CT molecular complexity index is 334. The van der Waals surface area contributed by atoms with Crippen molar-refractivity contribution in [2.45, 2.75) is 6.42 Å². The average molecular weight is 315 g/mol. The summed E-state index contributed by atoms with van der Waals surface area (Å²) in [6, 6.07) is 0.